The maximum atomic E-state index is 5.66. The Hall–Kier alpha value is -0.800. The largest absolute Gasteiger partial charge is 0.376 e. The third-order valence-corrected chi connectivity index (χ3v) is 3.54. The molecule has 2 rings (SSSR count). The Kier molecular flexibility index (Phi) is 4.63. The molecule has 1 fully saturated rings. The van der Waals surface area contributed by atoms with E-state index in [2.05, 4.69) is 35.3 Å². The summed E-state index contributed by atoms with van der Waals surface area (Å²) < 4.78 is 7.93. The van der Waals surface area contributed by atoms with Crippen LogP contribution < -0.4 is 5.32 Å². The molecule has 2 unspecified atom stereocenters. The van der Waals surface area contributed by atoms with E-state index in [0.29, 0.717) is 12.1 Å². The van der Waals surface area contributed by atoms with Crippen LogP contribution in [0.25, 0.3) is 0 Å². The molecule has 0 aromatic carbocycles. The van der Waals surface area contributed by atoms with E-state index in [0.717, 1.165) is 13.2 Å². The Labute approximate surface area is 104 Å². The number of ether oxygens (including phenoxy) is 1. The summed E-state index contributed by atoms with van der Waals surface area (Å²) in [6.07, 6.45) is 9.69. The van der Waals surface area contributed by atoms with Crippen LogP contribution >= 0.6 is 0 Å². The van der Waals surface area contributed by atoms with Gasteiger partial charge < -0.3 is 14.6 Å². The summed E-state index contributed by atoms with van der Waals surface area (Å²) in [6.45, 7) is 4.17. The smallest absolute Gasteiger partial charge is 0.0754 e. The third-order valence-electron chi connectivity index (χ3n) is 3.54. The van der Waals surface area contributed by atoms with Crippen LogP contribution in [0, 0.1) is 0 Å². The van der Waals surface area contributed by atoms with E-state index in [4.69, 9.17) is 4.74 Å². The van der Waals surface area contributed by atoms with Crippen LogP contribution in [0.5, 0.6) is 0 Å². The van der Waals surface area contributed by atoms with Crippen molar-refractivity contribution in [1.29, 1.82) is 0 Å². The monoisotopic (exact) mass is 236 g/mol. The minimum Gasteiger partial charge on any atom is -0.376 e. The van der Waals surface area contributed by atoms with Crippen LogP contribution in [0.4, 0.5) is 0 Å². The quantitative estimate of drug-likeness (QED) is 0.822. The maximum absolute atomic E-state index is 5.66. The molecule has 0 radical (unpaired) electrons. The fraction of sp³-hybridized carbons (Fsp3) is 0.714. The van der Waals surface area contributed by atoms with Crippen LogP contribution in [-0.4, -0.2) is 24.3 Å². The molecule has 1 aliphatic rings. The Morgan fingerprint density at radius 1 is 1.59 bits per heavy atom. The van der Waals surface area contributed by atoms with E-state index in [-0.39, 0.29) is 0 Å². The van der Waals surface area contributed by atoms with E-state index < -0.39 is 0 Å². The first kappa shape index (κ1) is 12.7. The molecule has 0 spiro atoms. The molecule has 0 bridgehead atoms. The molecule has 3 nitrogen and oxygen atoms in total. The summed E-state index contributed by atoms with van der Waals surface area (Å²) in [5.74, 6) is 0. The number of nitrogens with zero attached hydrogens (tertiary/aromatic N) is 1. The van der Waals surface area contributed by atoms with Crippen molar-refractivity contribution < 1.29 is 4.74 Å². The summed E-state index contributed by atoms with van der Waals surface area (Å²) in [5.41, 5.74) is 1.40. The molecule has 3 heteroatoms. The predicted octanol–water partition coefficient (Wildman–Crippen LogP) is 2.73. The molecule has 1 aromatic heterocycles. The molecular formula is C14H24N2O. The minimum absolute atomic E-state index is 0.425. The van der Waals surface area contributed by atoms with Gasteiger partial charge in [0.15, 0.2) is 0 Å². The second-order valence-corrected chi connectivity index (χ2v) is 4.91. The topological polar surface area (TPSA) is 26.2 Å². The van der Waals surface area contributed by atoms with Crippen LogP contribution in [0.1, 0.15) is 44.2 Å². The Balaban J connectivity index is 1.94. The molecule has 0 amide bonds. The number of aromatic nitrogens is 1. The number of hydrogen-bond acceptors (Lipinski definition) is 2. The number of nitrogens with one attached hydrogen (secondary N) is 1. The fourth-order valence-corrected chi connectivity index (χ4v) is 2.57. The van der Waals surface area contributed by atoms with Gasteiger partial charge in [-0.25, -0.2) is 0 Å². The van der Waals surface area contributed by atoms with Crippen molar-refractivity contribution >= 4 is 0 Å². The molecule has 2 heterocycles. The lowest BCUT2D eigenvalue weighted by atomic mass is 10.1. The van der Waals surface area contributed by atoms with Crippen molar-refractivity contribution in [3.63, 3.8) is 0 Å². The molecule has 1 saturated heterocycles. The molecule has 1 aliphatic heterocycles. The Bertz CT molecular complexity index is 329. The van der Waals surface area contributed by atoms with Gasteiger partial charge in [-0.2, -0.15) is 0 Å². The van der Waals surface area contributed by atoms with Crippen LogP contribution in [0.2, 0.25) is 0 Å². The lowest BCUT2D eigenvalue weighted by Gasteiger charge is -2.14. The van der Waals surface area contributed by atoms with Gasteiger partial charge in [0.2, 0.25) is 0 Å². The van der Waals surface area contributed by atoms with Gasteiger partial charge in [-0.05, 0) is 37.9 Å². The summed E-state index contributed by atoms with van der Waals surface area (Å²) in [7, 11) is 2.04. The minimum atomic E-state index is 0.425. The first-order chi connectivity index (χ1) is 8.33. The zero-order valence-electron chi connectivity index (χ0n) is 11.0. The zero-order chi connectivity index (χ0) is 12.1. The second kappa shape index (κ2) is 6.22. The van der Waals surface area contributed by atoms with Crippen molar-refractivity contribution in [1.82, 2.24) is 9.88 Å². The molecule has 0 aliphatic carbocycles. The predicted molar refractivity (Wildman–Crippen MR) is 70.1 cm³/mol. The van der Waals surface area contributed by atoms with Crippen LogP contribution in [0.15, 0.2) is 18.5 Å². The SMILES string of the molecule is CCCC(NC)c1ccn(CC2CCCO2)c1. The molecule has 1 aromatic rings. The lowest BCUT2D eigenvalue weighted by molar-refractivity contribution is 0.0971. The fourth-order valence-electron chi connectivity index (χ4n) is 2.57. The third kappa shape index (κ3) is 3.33. The highest BCUT2D eigenvalue weighted by Crippen LogP contribution is 2.20. The van der Waals surface area contributed by atoms with Gasteiger partial charge >= 0.3 is 0 Å². The van der Waals surface area contributed by atoms with Gasteiger partial charge in [0.05, 0.1) is 6.10 Å². The molecule has 17 heavy (non-hydrogen) atoms. The first-order valence-electron chi connectivity index (χ1n) is 6.78. The summed E-state index contributed by atoms with van der Waals surface area (Å²) in [5, 5.41) is 3.38. The van der Waals surface area contributed by atoms with E-state index in [1.807, 2.05) is 7.05 Å². The van der Waals surface area contributed by atoms with Gasteiger partial charge in [-0.3, -0.25) is 0 Å². The Morgan fingerprint density at radius 3 is 3.12 bits per heavy atom. The van der Waals surface area contributed by atoms with Gasteiger partial charge in [0, 0.05) is 31.6 Å². The highest BCUT2D eigenvalue weighted by molar-refractivity contribution is 5.15. The molecule has 1 N–H and O–H groups in total. The van der Waals surface area contributed by atoms with Gasteiger partial charge in [-0.1, -0.05) is 13.3 Å². The normalized spacial score (nSPS) is 21.9. The van der Waals surface area contributed by atoms with E-state index in [9.17, 15) is 0 Å². The average molecular weight is 236 g/mol. The number of rotatable bonds is 6. The van der Waals surface area contributed by atoms with E-state index >= 15 is 0 Å². The summed E-state index contributed by atoms with van der Waals surface area (Å²) in [4.78, 5) is 0. The molecule has 2 atom stereocenters. The standard InChI is InChI=1S/C14H24N2O/c1-3-5-14(15-2)12-7-8-16(10-12)11-13-6-4-9-17-13/h7-8,10,13-15H,3-6,9,11H2,1-2H3. The first-order valence-corrected chi connectivity index (χ1v) is 6.78. The molecule has 0 saturated carbocycles. The van der Waals surface area contributed by atoms with Crippen LogP contribution in [0.3, 0.4) is 0 Å². The molecular weight excluding hydrogens is 212 g/mol. The van der Waals surface area contributed by atoms with E-state index in [1.54, 1.807) is 0 Å². The van der Waals surface area contributed by atoms with Gasteiger partial charge in [0.1, 0.15) is 0 Å². The van der Waals surface area contributed by atoms with Crippen molar-refractivity contribution in [3.8, 4) is 0 Å². The van der Waals surface area contributed by atoms with Gasteiger partial charge in [0.25, 0.3) is 0 Å². The Morgan fingerprint density at radius 2 is 2.47 bits per heavy atom. The summed E-state index contributed by atoms with van der Waals surface area (Å²) in [6, 6.07) is 2.72. The van der Waals surface area contributed by atoms with Crippen molar-refractivity contribution in [3.05, 3.63) is 24.0 Å². The van der Waals surface area contributed by atoms with Crippen molar-refractivity contribution in [2.45, 2.75) is 51.3 Å². The zero-order valence-corrected chi connectivity index (χ0v) is 11.0. The second-order valence-electron chi connectivity index (χ2n) is 4.91. The van der Waals surface area contributed by atoms with Crippen molar-refractivity contribution in [2.24, 2.45) is 0 Å². The van der Waals surface area contributed by atoms with Crippen molar-refractivity contribution in [2.75, 3.05) is 13.7 Å². The summed E-state index contributed by atoms with van der Waals surface area (Å²) >= 11 is 0. The highest BCUT2D eigenvalue weighted by Gasteiger charge is 2.16. The maximum Gasteiger partial charge on any atom is 0.0754 e. The lowest BCUT2D eigenvalue weighted by Crippen LogP contribution is -2.16. The van der Waals surface area contributed by atoms with Gasteiger partial charge in [-0.15, -0.1) is 0 Å². The highest BCUT2D eigenvalue weighted by atomic mass is 16.5. The van der Waals surface area contributed by atoms with Crippen LogP contribution in [-0.2, 0) is 11.3 Å². The molecule has 96 valence electrons. The number of hydrogen-bond donors (Lipinski definition) is 1. The average Bonchev–Trinajstić information content (AvgIpc) is 2.98. The van der Waals surface area contributed by atoms with E-state index in [1.165, 1.54) is 31.2 Å².